The summed E-state index contributed by atoms with van der Waals surface area (Å²) in [6.07, 6.45) is 8.38. The van der Waals surface area contributed by atoms with Crippen molar-refractivity contribution in [2.75, 3.05) is 12.0 Å². The summed E-state index contributed by atoms with van der Waals surface area (Å²) < 4.78 is 4.06. The lowest BCUT2D eigenvalue weighted by atomic mass is 10.2. The van der Waals surface area contributed by atoms with Crippen molar-refractivity contribution in [1.29, 1.82) is 0 Å². The number of carbonyl (C=O) groups excluding carboxylic acids is 1. The number of phenolic OH excluding ortho intramolecular Hbond substituents is 1. The highest BCUT2D eigenvalue weighted by atomic mass is 32.2. The number of anilines is 1. The van der Waals surface area contributed by atoms with Crippen LogP contribution in [0.5, 0.6) is 5.75 Å². The molecule has 0 saturated heterocycles. The molecule has 1 amide bonds. The van der Waals surface area contributed by atoms with Gasteiger partial charge in [0.2, 0.25) is 0 Å². The van der Waals surface area contributed by atoms with Gasteiger partial charge in [-0.2, -0.15) is 4.36 Å². The Labute approximate surface area is 124 Å². The fraction of sp³-hybridized carbons (Fsp3) is 0.0667. The lowest BCUT2D eigenvalue weighted by molar-refractivity contribution is 0.100. The Balaban J connectivity index is 2.35. The second kappa shape index (κ2) is 6.20. The molecule has 1 aromatic carbocycles. The highest BCUT2D eigenvalue weighted by molar-refractivity contribution is 7.87. The van der Waals surface area contributed by atoms with Crippen molar-refractivity contribution in [2.24, 2.45) is 4.36 Å². The maximum Gasteiger partial charge on any atom is 0.284 e. The maximum atomic E-state index is 12.1. The van der Waals surface area contributed by atoms with E-state index < -0.39 is 16.6 Å². The summed E-state index contributed by atoms with van der Waals surface area (Å²) in [6, 6.07) is 8.25. The van der Waals surface area contributed by atoms with Crippen LogP contribution in [0.1, 0.15) is 15.9 Å². The first kappa shape index (κ1) is 14.8. The number of benzene rings is 1. The summed E-state index contributed by atoms with van der Waals surface area (Å²) in [5.41, 5.74) is 6.21. The van der Waals surface area contributed by atoms with Crippen LogP contribution in [-0.2, 0) is 10.7 Å². The normalized spacial score (nSPS) is 11.8. The predicted molar refractivity (Wildman–Crippen MR) is 83.0 cm³/mol. The molecule has 0 aliphatic carbocycles. The lowest BCUT2D eigenvalue weighted by Crippen LogP contribution is -2.02. The molecule has 1 aromatic heterocycles. The zero-order chi connectivity index (χ0) is 15.4. The quantitative estimate of drug-likeness (QED) is 0.830. The average molecular weight is 299 g/mol. The molecule has 6 heteroatoms. The molecule has 0 aliphatic heterocycles. The van der Waals surface area contributed by atoms with E-state index in [0.717, 1.165) is 0 Å². The molecule has 0 spiro atoms. The van der Waals surface area contributed by atoms with Crippen LogP contribution in [-0.4, -0.2) is 22.3 Å². The summed E-state index contributed by atoms with van der Waals surface area (Å²) in [5, 5.41) is 9.76. The number of phenols is 1. The average Bonchev–Trinajstić information content (AvgIpc) is 2.48. The zero-order valence-electron chi connectivity index (χ0n) is 11.3. The van der Waals surface area contributed by atoms with E-state index in [1.165, 1.54) is 12.3 Å². The molecule has 1 heterocycles. The number of pyridine rings is 1. The van der Waals surface area contributed by atoms with Crippen molar-refractivity contribution < 1.29 is 9.90 Å². The number of aromatic nitrogens is 1. The first-order valence-corrected chi connectivity index (χ1v) is 7.54. The van der Waals surface area contributed by atoms with Crippen LogP contribution in [0.3, 0.4) is 0 Å². The number of terminal acetylenes is 1. The van der Waals surface area contributed by atoms with E-state index in [-0.39, 0.29) is 17.1 Å². The van der Waals surface area contributed by atoms with Gasteiger partial charge in [-0.25, -0.2) is 4.98 Å². The topological polar surface area (TPSA) is 88.6 Å². The van der Waals surface area contributed by atoms with Crippen LogP contribution >= 0.6 is 0 Å². The minimum Gasteiger partial charge on any atom is -0.507 e. The minimum absolute atomic E-state index is 0.111. The van der Waals surface area contributed by atoms with Gasteiger partial charge in [-0.05, 0) is 24.5 Å². The Morgan fingerprint density at radius 2 is 2.19 bits per heavy atom. The van der Waals surface area contributed by atoms with Crippen molar-refractivity contribution in [3.8, 4) is 18.1 Å². The lowest BCUT2D eigenvalue weighted by Gasteiger charge is -2.05. The van der Waals surface area contributed by atoms with Crippen LogP contribution in [0.25, 0.3) is 0 Å². The number of hydrogen-bond acceptors (Lipinski definition) is 4. The summed E-state index contributed by atoms with van der Waals surface area (Å²) in [7, 11) is -0.775. The van der Waals surface area contributed by atoms with Crippen molar-refractivity contribution in [3.63, 3.8) is 0 Å². The Kier molecular flexibility index (Phi) is 4.36. The number of aromatic hydroxyl groups is 1. The zero-order valence-corrected chi connectivity index (χ0v) is 12.1. The van der Waals surface area contributed by atoms with E-state index in [9.17, 15) is 9.90 Å². The van der Waals surface area contributed by atoms with Gasteiger partial charge in [-0.3, -0.25) is 4.79 Å². The first-order chi connectivity index (χ1) is 10.0. The van der Waals surface area contributed by atoms with Gasteiger partial charge in [-0.1, -0.05) is 28.7 Å². The first-order valence-electron chi connectivity index (χ1n) is 5.95. The number of hydrogen-bond donors (Lipinski definition) is 2. The number of nitrogens with zero attached hydrogens (tertiary/aromatic N) is 2. The molecule has 106 valence electrons. The van der Waals surface area contributed by atoms with Crippen LogP contribution in [0.2, 0.25) is 0 Å². The van der Waals surface area contributed by atoms with Crippen LogP contribution in [0.15, 0.2) is 45.8 Å². The van der Waals surface area contributed by atoms with Gasteiger partial charge in [0.1, 0.15) is 11.6 Å². The second-order valence-electron chi connectivity index (χ2n) is 4.14. The second-order valence-corrected chi connectivity index (χ2v) is 5.72. The van der Waals surface area contributed by atoms with Gasteiger partial charge < -0.3 is 10.8 Å². The number of para-hydroxylation sites is 1. The highest BCUT2D eigenvalue weighted by Crippen LogP contribution is 2.20. The molecule has 21 heavy (non-hydrogen) atoms. The largest absolute Gasteiger partial charge is 0.507 e. The molecule has 5 nitrogen and oxygen atoms in total. The van der Waals surface area contributed by atoms with Crippen molar-refractivity contribution in [3.05, 3.63) is 47.7 Å². The van der Waals surface area contributed by atoms with Crippen molar-refractivity contribution >= 4 is 22.4 Å². The summed E-state index contributed by atoms with van der Waals surface area (Å²) in [4.78, 5) is 16.6. The Bertz CT molecular complexity index is 779. The van der Waals surface area contributed by atoms with E-state index in [4.69, 9.17) is 12.2 Å². The van der Waals surface area contributed by atoms with E-state index in [1.54, 1.807) is 30.5 Å². The van der Waals surface area contributed by atoms with Gasteiger partial charge >= 0.3 is 0 Å². The molecular formula is C15H13N3O2S. The van der Waals surface area contributed by atoms with Gasteiger partial charge in [0.25, 0.3) is 5.91 Å². The molecule has 2 aromatic rings. The number of amides is 1. The maximum absolute atomic E-state index is 12.1. The number of nitrogens with two attached hydrogens (primary N) is 1. The Morgan fingerprint density at radius 3 is 2.86 bits per heavy atom. The van der Waals surface area contributed by atoms with Gasteiger partial charge in [0, 0.05) is 6.20 Å². The fourth-order valence-electron chi connectivity index (χ4n) is 1.64. The fourth-order valence-corrected chi connectivity index (χ4v) is 2.74. The number of rotatable bonds is 2. The highest BCUT2D eigenvalue weighted by Gasteiger charge is 2.10. The van der Waals surface area contributed by atoms with Crippen molar-refractivity contribution in [1.82, 2.24) is 4.98 Å². The van der Waals surface area contributed by atoms with Crippen LogP contribution < -0.4 is 5.73 Å². The van der Waals surface area contributed by atoms with E-state index in [1.807, 2.05) is 0 Å². The molecule has 1 atom stereocenters. The molecule has 0 bridgehead atoms. The van der Waals surface area contributed by atoms with Crippen LogP contribution in [0, 0.1) is 12.3 Å². The monoisotopic (exact) mass is 299 g/mol. The standard InChI is InChI=1S/C15H13N3O2S/c1-3-10-8-11(9-17-14(10)16)15(20)18-21(2)13-7-5-4-6-12(13)19/h1,4-9,19H,2H3,(H2,16,17). The molecule has 2 rings (SSSR count). The van der Waals surface area contributed by atoms with Gasteiger partial charge in [0.05, 0.1) is 16.0 Å². The Hall–Kier alpha value is -2.65. The van der Waals surface area contributed by atoms with Crippen molar-refractivity contribution in [2.45, 2.75) is 4.90 Å². The third-order valence-corrected chi connectivity index (χ3v) is 4.15. The third-order valence-electron chi connectivity index (χ3n) is 2.72. The molecule has 0 saturated carbocycles. The van der Waals surface area contributed by atoms with Gasteiger partial charge in [0.15, 0.2) is 0 Å². The molecular weight excluding hydrogens is 286 g/mol. The molecule has 0 fully saturated rings. The van der Waals surface area contributed by atoms with E-state index >= 15 is 0 Å². The summed E-state index contributed by atoms with van der Waals surface area (Å²) >= 11 is 0. The molecule has 0 aliphatic rings. The number of nitrogen functional groups attached to an aromatic ring is 1. The third kappa shape index (κ3) is 3.27. The SMILES string of the molecule is C#Cc1cc(C(=O)N=S(C)c2ccccc2O)cnc1N. The van der Waals surface area contributed by atoms with E-state index in [0.29, 0.717) is 10.5 Å². The molecule has 1 unspecified atom stereocenters. The minimum atomic E-state index is -0.775. The van der Waals surface area contributed by atoms with Gasteiger partial charge in [-0.15, -0.1) is 6.42 Å². The van der Waals surface area contributed by atoms with E-state index in [2.05, 4.69) is 15.3 Å². The number of carbonyl (C=O) groups is 1. The summed E-state index contributed by atoms with van der Waals surface area (Å²) in [5.74, 6) is 2.22. The van der Waals surface area contributed by atoms with Crippen LogP contribution in [0.4, 0.5) is 5.82 Å². The molecule has 3 N–H and O–H groups in total. The predicted octanol–water partition coefficient (Wildman–Crippen LogP) is 1.98. The summed E-state index contributed by atoms with van der Waals surface area (Å²) in [6.45, 7) is 0. The molecule has 0 radical (unpaired) electrons. The Morgan fingerprint density at radius 1 is 1.48 bits per heavy atom. The smallest absolute Gasteiger partial charge is 0.284 e.